The molecule has 3 nitrogen and oxygen atoms in total. The van der Waals surface area contributed by atoms with Gasteiger partial charge in [-0.25, -0.2) is 4.98 Å². The summed E-state index contributed by atoms with van der Waals surface area (Å²) in [6, 6.07) is 16.8. The quantitative estimate of drug-likeness (QED) is 0.479. The number of para-hydroxylation sites is 2. The highest BCUT2D eigenvalue weighted by molar-refractivity contribution is 6.06. The van der Waals surface area contributed by atoms with Crippen LogP contribution in [0.3, 0.4) is 0 Å². The number of hydrogen-bond acceptors (Lipinski definition) is 1. The van der Waals surface area contributed by atoms with Gasteiger partial charge in [0.1, 0.15) is 0 Å². The summed E-state index contributed by atoms with van der Waals surface area (Å²) in [6.07, 6.45) is 5.08. The van der Waals surface area contributed by atoms with Crippen molar-refractivity contribution in [3.8, 4) is 0 Å². The highest BCUT2D eigenvalue weighted by Gasteiger charge is 2.00. The molecule has 4 rings (SSSR count). The first-order valence-corrected chi connectivity index (χ1v) is 5.83. The molecule has 0 aliphatic carbocycles. The third-order valence-corrected chi connectivity index (χ3v) is 2.82. The number of rotatable bonds is 0. The molecule has 0 unspecified atom stereocenters. The van der Waals surface area contributed by atoms with Gasteiger partial charge in [-0.15, -0.1) is 0 Å². The van der Waals surface area contributed by atoms with Crippen molar-refractivity contribution in [1.82, 2.24) is 15.0 Å². The maximum atomic E-state index is 3.67. The van der Waals surface area contributed by atoms with Crippen molar-refractivity contribution < 1.29 is 0 Å². The molecular weight excluding hydrogens is 222 g/mol. The number of aromatic amines is 2. The standard InChI is InChI=1S/C12H9N.C3H4N2/c1-3-7-11-9(5-1)10-6-2-4-8-12(10)13-11;1-2-5-3-4-1/h1-8,13H;1-3H,(H,4,5). The van der Waals surface area contributed by atoms with E-state index in [9.17, 15) is 0 Å². The summed E-state index contributed by atoms with van der Waals surface area (Å²) in [5.74, 6) is 0. The van der Waals surface area contributed by atoms with Gasteiger partial charge in [-0.2, -0.15) is 0 Å². The zero-order valence-electron chi connectivity index (χ0n) is 9.80. The first-order valence-electron chi connectivity index (χ1n) is 5.83. The van der Waals surface area contributed by atoms with Gasteiger partial charge in [0.2, 0.25) is 0 Å². The van der Waals surface area contributed by atoms with Crippen LogP contribution in [0.15, 0.2) is 67.3 Å². The van der Waals surface area contributed by atoms with Crippen molar-refractivity contribution in [2.24, 2.45) is 0 Å². The molecule has 0 bridgehead atoms. The zero-order valence-corrected chi connectivity index (χ0v) is 9.80. The summed E-state index contributed by atoms with van der Waals surface area (Å²) >= 11 is 0. The Labute approximate surface area is 104 Å². The highest BCUT2D eigenvalue weighted by Crippen LogP contribution is 2.24. The van der Waals surface area contributed by atoms with Gasteiger partial charge < -0.3 is 9.97 Å². The monoisotopic (exact) mass is 235 g/mol. The molecule has 0 fully saturated rings. The van der Waals surface area contributed by atoms with Crippen LogP contribution >= 0.6 is 0 Å². The number of hydrogen-bond donors (Lipinski definition) is 2. The Hall–Kier alpha value is -2.55. The van der Waals surface area contributed by atoms with Gasteiger partial charge in [-0.1, -0.05) is 36.4 Å². The summed E-state index contributed by atoms with van der Waals surface area (Å²) in [5, 5.41) is 2.61. The molecule has 0 saturated heterocycles. The summed E-state index contributed by atoms with van der Waals surface area (Å²) in [5.41, 5.74) is 2.42. The Kier molecular flexibility index (Phi) is 2.80. The Balaban J connectivity index is 0.000000169. The van der Waals surface area contributed by atoms with Crippen molar-refractivity contribution in [2.45, 2.75) is 0 Å². The smallest absolute Gasteiger partial charge is 0.0919 e. The van der Waals surface area contributed by atoms with Gasteiger partial charge in [0.15, 0.2) is 0 Å². The topological polar surface area (TPSA) is 44.5 Å². The molecule has 0 aliphatic rings. The van der Waals surface area contributed by atoms with Crippen LogP contribution in [-0.2, 0) is 0 Å². The van der Waals surface area contributed by atoms with Gasteiger partial charge in [0, 0.05) is 34.2 Å². The van der Waals surface area contributed by atoms with E-state index in [0.29, 0.717) is 0 Å². The summed E-state index contributed by atoms with van der Waals surface area (Å²) < 4.78 is 0. The van der Waals surface area contributed by atoms with Crippen LogP contribution in [-0.4, -0.2) is 15.0 Å². The average Bonchev–Trinajstić information content (AvgIpc) is 3.10. The van der Waals surface area contributed by atoms with Crippen LogP contribution in [0.5, 0.6) is 0 Å². The first kappa shape index (κ1) is 10.6. The van der Waals surface area contributed by atoms with Crippen LogP contribution in [0.1, 0.15) is 0 Å². The van der Waals surface area contributed by atoms with Crippen LogP contribution in [0.25, 0.3) is 21.8 Å². The molecule has 18 heavy (non-hydrogen) atoms. The zero-order chi connectivity index (χ0) is 12.2. The molecule has 0 saturated carbocycles. The molecule has 0 atom stereocenters. The number of benzene rings is 2. The third-order valence-electron chi connectivity index (χ3n) is 2.82. The molecule has 4 aromatic rings. The number of H-pyrrole nitrogens is 2. The Morgan fingerprint density at radius 2 is 1.39 bits per heavy atom. The van der Waals surface area contributed by atoms with Gasteiger partial charge in [-0.05, 0) is 12.1 Å². The SMILES string of the molecule is c1c[nH]cn1.c1ccc2c(c1)[nH]c1ccccc12. The molecule has 0 aliphatic heterocycles. The number of aromatic nitrogens is 3. The minimum absolute atomic E-state index is 1.21. The van der Waals surface area contributed by atoms with Gasteiger partial charge in [-0.3, -0.25) is 0 Å². The lowest BCUT2D eigenvalue weighted by molar-refractivity contribution is 1.31. The minimum Gasteiger partial charge on any atom is -0.355 e. The number of nitrogens with one attached hydrogen (secondary N) is 2. The van der Waals surface area contributed by atoms with E-state index >= 15 is 0 Å². The summed E-state index contributed by atoms with van der Waals surface area (Å²) in [6.45, 7) is 0. The van der Waals surface area contributed by atoms with E-state index < -0.39 is 0 Å². The largest absolute Gasteiger partial charge is 0.355 e. The van der Waals surface area contributed by atoms with E-state index in [0.717, 1.165) is 0 Å². The second kappa shape index (κ2) is 4.75. The molecular formula is C15H13N3. The average molecular weight is 235 g/mol. The number of fused-ring (bicyclic) bond motifs is 3. The normalized spacial score (nSPS) is 10.2. The minimum atomic E-state index is 1.21. The molecule has 88 valence electrons. The lowest BCUT2D eigenvalue weighted by Gasteiger charge is -1.87. The van der Waals surface area contributed by atoms with Crippen LogP contribution in [0.4, 0.5) is 0 Å². The second-order valence-electron chi connectivity index (χ2n) is 3.98. The van der Waals surface area contributed by atoms with E-state index in [2.05, 4.69) is 63.5 Å². The first-order chi connectivity index (χ1) is 8.95. The molecule has 2 N–H and O–H groups in total. The fraction of sp³-hybridized carbons (Fsp3) is 0. The van der Waals surface area contributed by atoms with Crippen LogP contribution in [0.2, 0.25) is 0 Å². The fourth-order valence-corrected chi connectivity index (χ4v) is 2.01. The van der Waals surface area contributed by atoms with E-state index in [1.54, 1.807) is 18.7 Å². The Morgan fingerprint density at radius 1 is 0.778 bits per heavy atom. The number of nitrogens with zero attached hydrogens (tertiary/aromatic N) is 1. The summed E-state index contributed by atoms with van der Waals surface area (Å²) in [7, 11) is 0. The van der Waals surface area contributed by atoms with Crippen LogP contribution in [0, 0.1) is 0 Å². The number of imidazole rings is 1. The van der Waals surface area contributed by atoms with Gasteiger partial charge in [0.25, 0.3) is 0 Å². The predicted octanol–water partition coefficient (Wildman–Crippen LogP) is 3.73. The van der Waals surface area contributed by atoms with E-state index in [1.807, 2.05) is 0 Å². The maximum Gasteiger partial charge on any atom is 0.0919 e. The Bertz CT molecular complexity index is 671. The van der Waals surface area contributed by atoms with Gasteiger partial charge >= 0.3 is 0 Å². The molecule has 0 amide bonds. The highest BCUT2D eigenvalue weighted by atomic mass is 14.8. The van der Waals surface area contributed by atoms with Crippen molar-refractivity contribution in [3.63, 3.8) is 0 Å². The third kappa shape index (κ3) is 1.98. The lowest BCUT2D eigenvalue weighted by Crippen LogP contribution is -1.62. The van der Waals surface area contributed by atoms with Crippen molar-refractivity contribution >= 4 is 21.8 Å². The maximum absolute atomic E-state index is 3.67. The van der Waals surface area contributed by atoms with Crippen molar-refractivity contribution in [1.29, 1.82) is 0 Å². The van der Waals surface area contributed by atoms with E-state index in [1.165, 1.54) is 21.8 Å². The molecule has 2 aromatic heterocycles. The van der Waals surface area contributed by atoms with Crippen molar-refractivity contribution in [3.05, 3.63) is 67.3 Å². The fourth-order valence-electron chi connectivity index (χ4n) is 2.01. The van der Waals surface area contributed by atoms with E-state index in [4.69, 9.17) is 0 Å². The Morgan fingerprint density at radius 3 is 1.83 bits per heavy atom. The van der Waals surface area contributed by atoms with Gasteiger partial charge in [0.05, 0.1) is 6.33 Å². The second-order valence-corrected chi connectivity index (χ2v) is 3.98. The van der Waals surface area contributed by atoms with Crippen LogP contribution < -0.4 is 0 Å². The molecule has 2 aromatic carbocycles. The van der Waals surface area contributed by atoms with E-state index in [-0.39, 0.29) is 0 Å². The van der Waals surface area contributed by atoms with Crippen molar-refractivity contribution in [2.75, 3.05) is 0 Å². The molecule has 0 spiro atoms. The summed E-state index contributed by atoms with van der Waals surface area (Å²) in [4.78, 5) is 9.79. The lowest BCUT2D eigenvalue weighted by atomic mass is 10.2. The molecule has 0 radical (unpaired) electrons. The molecule has 3 heteroatoms. The predicted molar refractivity (Wildman–Crippen MR) is 74.4 cm³/mol. The molecule has 2 heterocycles.